The molecule has 4 heteroatoms. The lowest BCUT2D eigenvalue weighted by atomic mass is 10.1. The number of nitrogens with two attached hydrogens (primary N) is 1. The molecule has 0 saturated carbocycles. The van der Waals surface area contributed by atoms with Crippen LogP contribution in [0.3, 0.4) is 0 Å². The largest absolute Gasteiger partial charge is 0.397 e. The molecule has 20 heavy (non-hydrogen) atoms. The molecule has 3 rings (SSSR count). The molecule has 1 aromatic heterocycles. The Morgan fingerprint density at radius 1 is 1.05 bits per heavy atom. The van der Waals surface area contributed by atoms with Crippen LogP contribution in [0.2, 0.25) is 5.02 Å². The molecule has 0 spiro atoms. The zero-order valence-corrected chi connectivity index (χ0v) is 11.6. The molecule has 2 aromatic carbocycles. The van der Waals surface area contributed by atoms with Crippen molar-refractivity contribution in [2.24, 2.45) is 0 Å². The van der Waals surface area contributed by atoms with Crippen molar-refractivity contribution in [2.75, 3.05) is 11.1 Å². The van der Waals surface area contributed by atoms with E-state index in [2.05, 4.69) is 10.3 Å². The van der Waals surface area contributed by atoms with E-state index < -0.39 is 0 Å². The standard InChI is InChI=1S/C16H14ClN3/c17-13-4-1-11(2-5-13)9-20-15-6-3-12-10-19-8-7-14(12)16(15)18/h1-8,10,20H,9,18H2. The number of halogens is 1. The second-order valence-corrected chi connectivity index (χ2v) is 5.04. The summed E-state index contributed by atoms with van der Waals surface area (Å²) in [4.78, 5) is 4.10. The van der Waals surface area contributed by atoms with E-state index in [1.807, 2.05) is 48.7 Å². The molecule has 0 aliphatic rings. The smallest absolute Gasteiger partial charge is 0.0630 e. The van der Waals surface area contributed by atoms with Gasteiger partial charge in [-0.1, -0.05) is 29.8 Å². The van der Waals surface area contributed by atoms with E-state index in [4.69, 9.17) is 17.3 Å². The average molecular weight is 284 g/mol. The number of nitrogens with zero attached hydrogens (tertiary/aromatic N) is 1. The number of nitrogens with one attached hydrogen (secondary N) is 1. The summed E-state index contributed by atoms with van der Waals surface area (Å²) in [5, 5.41) is 6.15. The summed E-state index contributed by atoms with van der Waals surface area (Å²) in [6.45, 7) is 0.706. The fourth-order valence-electron chi connectivity index (χ4n) is 2.15. The van der Waals surface area contributed by atoms with Crippen LogP contribution in [0.1, 0.15) is 5.56 Å². The van der Waals surface area contributed by atoms with E-state index in [1.54, 1.807) is 6.20 Å². The van der Waals surface area contributed by atoms with Crippen molar-refractivity contribution in [3.05, 3.63) is 65.4 Å². The zero-order chi connectivity index (χ0) is 13.9. The van der Waals surface area contributed by atoms with Crippen molar-refractivity contribution >= 4 is 33.7 Å². The number of benzene rings is 2. The van der Waals surface area contributed by atoms with Crippen molar-refractivity contribution in [1.82, 2.24) is 4.98 Å². The van der Waals surface area contributed by atoms with Gasteiger partial charge in [-0.2, -0.15) is 0 Å². The maximum absolute atomic E-state index is 6.20. The second kappa shape index (κ2) is 5.39. The van der Waals surface area contributed by atoms with Crippen molar-refractivity contribution < 1.29 is 0 Å². The van der Waals surface area contributed by atoms with Crippen LogP contribution in [-0.4, -0.2) is 4.98 Å². The van der Waals surface area contributed by atoms with Gasteiger partial charge in [0.05, 0.1) is 11.4 Å². The number of aromatic nitrogens is 1. The summed E-state index contributed by atoms with van der Waals surface area (Å²) >= 11 is 5.87. The first-order valence-corrected chi connectivity index (χ1v) is 6.72. The van der Waals surface area contributed by atoms with Crippen LogP contribution in [0.25, 0.3) is 10.8 Å². The molecule has 0 saturated heterocycles. The van der Waals surface area contributed by atoms with Crippen molar-refractivity contribution in [3.63, 3.8) is 0 Å². The molecule has 0 atom stereocenters. The van der Waals surface area contributed by atoms with Gasteiger partial charge in [0.25, 0.3) is 0 Å². The van der Waals surface area contributed by atoms with Crippen LogP contribution in [-0.2, 0) is 6.54 Å². The molecule has 0 fully saturated rings. The fourth-order valence-corrected chi connectivity index (χ4v) is 2.27. The monoisotopic (exact) mass is 283 g/mol. The van der Waals surface area contributed by atoms with E-state index in [0.717, 1.165) is 32.7 Å². The maximum Gasteiger partial charge on any atom is 0.0630 e. The summed E-state index contributed by atoms with van der Waals surface area (Å²) in [5.74, 6) is 0. The van der Waals surface area contributed by atoms with Crippen LogP contribution in [0.15, 0.2) is 54.9 Å². The highest BCUT2D eigenvalue weighted by molar-refractivity contribution is 6.30. The lowest BCUT2D eigenvalue weighted by molar-refractivity contribution is 1.15. The number of fused-ring (bicyclic) bond motifs is 1. The van der Waals surface area contributed by atoms with Crippen LogP contribution in [0.4, 0.5) is 11.4 Å². The quantitative estimate of drug-likeness (QED) is 0.712. The molecule has 0 aliphatic heterocycles. The Balaban J connectivity index is 1.84. The van der Waals surface area contributed by atoms with Crippen LogP contribution in [0, 0.1) is 0 Å². The summed E-state index contributed by atoms with van der Waals surface area (Å²) in [6.07, 6.45) is 3.57. The lowest BCUT2D eigenvalue weighted by Crippen LogP contribution is -2.02. The van der Waals surface area contributed by atoms with E-state index in [9.17, 15) is 0 Å². The van der Waals surface area contributed by atoms with E-state index in [-0.39, 0.29) is 0 Å². The highest BCUT2D eigenvalue weighted by Gasteiger charge is 2.04. The van der Waals surface area contributed by atoms with Gasteiger partial charge < -0.3 is 11.1 Å². The number of rotatable bonds is 3. The Morgan fingerprint density at radius 2 is 1.85 bits per heavy atom. The van der Waals surface area contributed by atoms with E-state index in [1.165, 1.54) is 0 Å². The minimum absolute atomic E-state index is 0.706. The minimum atomic E-state index is 0.706. The normalized spacial score (nSPS) is 10.7. The molecule has 0 amide bonds. The number of nitrogen functional groups attached to an aromatic ring is 1. The van der Waals surface area contributed by atoms with Gasteiger partial charge in [0, 0.05) is 34.7 Å². The van der Waals surface area contributed by atoms with Crippen LogP contribution < -0.4 is 11.1 Å². The third-order valence-corrected chi connectivity index (χ3v) is 3.51. The zero-order valence-electron chi connectivity index (χ0n) is 10.8. The summed E-state index contributed by atoms with van der Waals surface area (Å²) in [6, 6.07) is 13.7. The second-order valence-electron chi connectivity index (χ2n) is 4.60. The molecule has 3 aromatic rings. The Labute approximate surface area is 122 Å². The highest BCUT2D eigenvalue weighted by atomic mass is 35.5. The van der Waals surface area contributed by atoms with Crippen molar-refractivity contribution in [3.8, 4) is 0 Å². The first-order valence-electron chi connectivity index (χ1n) is 6.34. The number of hydrogen-bond donors (Lipinski definition) is 2. The first kappa shape index (κ1) is 12.8. The van der Waals surface area contributed by atoms with Gasteiger partial charge in [-0.15, -0.1) is 0 Å². The Hall–Kier alpha value is -2.26. The predicted molar refractivity (Wildman–Crippen MR) is 84.9 cm³/mol. The van der Waals surface area contributed by atoms with Crippen LogP contribution in [0.5, 0.6) is 0 Å². The molecule has 3 nitrogen and oxygen atoms in total. The topological polar surface area (TPSA) is 50.9 Å². The van der Waals surface area contributed by atoms with E-state index >= 15 is 0 Å². The van der Waals surface area contributed by atoms with Gasteiger partial charge in [0.2, 0.25) is 0 Å². The van der Waals surface area contributed by atoms with E-state index in [0.29, 0.717) is 6.54 Å². The van der Waals surface area contributed by atoms with Gasteiger partial charge in [-0.3, -0.25) is 4.98 Å². The molecule has 0 aliphatic carbocycles. The average Bonchev–Trinajstić information content (AvgIpc) is 2.49. The number of hydrogen-bond acceptors (Lipinski definition) is 3. The molecule has 1 heterocycles. The summed E-state index contributed by atoms with van der Waals surface area (Å²) in [5.41, 5.74) is 9.03. The maximum atomic E-state index is 6.20. The van der Waals surface area contributed by atoms with Gasteiger partial charge in [-0.05, 0) is 29.8 Å². The van der Waals surface area contributed by atoms with Crippen molar-refractivity contribution in [2.45, 2.75) is 6.54 Å². The highest BCUT2D eigenvalue weighted by Crippen LogP contribution is 2.28. The molecule has 100 valence electrons. The van der Waals surface area contributed by atoms with Gasteiger partial charge in [-0.25, -0.2) is 0 Å². The Kier molecular flexibility index (Phi) is 3.44. The number of pyridine rings is 1. The van der Waals surface area contributed by atoms with Crippen molar-refractivity contribution in [1.29, 1.82) is 0 Å². The Bertz CT molecular complexity index is 738. The number of anilines is 2. The molecule has 0 bridgehead atoms. The lowest BCUT2D eigenvalue weighted by Gasteiger charge is -2.11. The Morgan fingerprint density at radius 3 is 2.65 bits per heavy atom. The molecule has 0 radical (unpaired) electrons. The third-order valence-electron chi connectivity index (χ3n) is 3.26. The van der Waals surface area contributed by atoms with Gasteiger partial charge in [0.1, 0.15) is 0 Å². The molecule has 3 N–H and O–H groups in total. The first-order chi connectivity index (χ1) is 9.74. The van der Waals surface area contributed by atoms with Gasteiger partial charge in [0.15, 0.2) is 0 Å². The van der Waals surface area contributed by atoms with Gasteiger partial charge >= 0.3 is 0 Å². The summed E-state index contributed by atoms with van der Waals surface area (Å²) < 4.78 is 0. The predicted octanol–water partition coefficient (Wildman–Crippen LogP) is 4.08. The molecule has 0 unspecified atom stereocenters. The SMILES string of the molecule is Nc1c(NCc2ccc(Cl)cc2)ccc2cnccc12. The summed E-state index contributed by atoms with van der Waals surface area (Å²) in [7, 11) is 0. The minimum Gasteiger partial charge on any atom is -0.397 e. The van der Waals surface area contributed by atoms with Crippen LogP contribution >= 0.6 is 11.6 Å². The molecular formula is C16H14ClN3. The molecular weight excluding hydrogens is 270 g/mol. The third kappa shape index (κ3) is 2.53. The fraction of sp³-hybridized carbons (Fsp3) is 0.0625.